The van der Waals surface area contributed by atoms with Gasteiger partial charge in [0.25, 0.3) is 0 Å². The van der Waals surface area contributed by atoms with Crippen LogP contribution in [-0.4, -0.2) is 67.4 Å². The molecule has 7 nitrogen and oxygen atoms in total. The number of fused-ring (bicyclic) bond motifs is 4. The summed E-state index contributed by atoms with van der Waals surface area (Å²) in [4.78, 5) is 43.2. The molecular weight excluding hydrogens is 308 g/mol. The monoisotopic (exact) mass is 328 g/mol. The number of anilines is 1. The van der Waals surface area contributed by atoms with Crippen LogP contribution in [0.15, 0.2) is 24.3 Å². The van der Waals surface area contributed by atoms with Crippen LogP contribution >= 0.6 is 0 Å². The summed E-state index contributed by atoms with van der Waals surface area (Å²) in [7, 11) is 3.43. The van der Waals surface area contributed by atoms with Crippen molar-refractivity contribution in [2.45, 2.75) is 12.5 Å². The number of carbonyl (C=O) groups is 3. The third-order valence-corrected chi connectivity index (χ3v) is 5.54. The molecule has 2 fully saturated rings. The zero-order valence-corrected chi connectivity index (χ0v) is 13.8. The minimum absolute atomic E-state index is 0.283. The SMILES string of the molecule is CN1CCN2c3ccccc3C[C@@]3(C(=O)NC(=O)N(C)C3=O)[C@H]2C1. The molecule has 2 saturated heterocycles. The van der Waals surface area contributed by atoms with Gasteiger partial charge in [0, 0.05) is 32.4 Å². The van der Waals surface area contributed by atoms with Crippen molar-refractivity contribution in [1.29, 1.82) is 0 Å². The highest BCUT2D eigenvalue weighted by atomic mass is 16.2. The molecule has 24 heavy (non-hydrogen) atoms. The molecule has 0 aliphatic carbocycles. The van der Waals surface area contributed by atoms with Crippen LogP contribution in [0.1, 0.15) is 5.56 Å². The standard InChI is InChI=1S/C17H20N4O3/c1-19-7-8-21-12-6-4-3-5-11(12)9-17(13(21)10-19)14(22)18-16(24)20(2)15(17)23/h3-6,13H,7-10H2,1-2H3,(H,18,22,24)/t13-,17+/m1/s1. The predicted molar refractivity (Wildman–Crippen MR) is 87.5 cm³/mol. The molecule has 7 heteroatoms. The van der Waals surface area contributed by atoms with E-state index in [1.165, 1.54) is 7.05 Å². The van der Waals surface area contributed by atoms with Crippen LogP contribution in [0.5, 0.6) is 0 Å². The highest BCUT2D eigenvalue weighted by Crippen LogP contribution is 2.45. The van der Waals surface area contributed by atoms with Gasteiger partial charge >= 0.3 is 6.03 Å². The Morgan fingerprint density at radius 1 is 1.12 bits per heavy atom. The van der Waals surface area contributed by atoms with Gasteiger partial charge in [-0.15, -0.1) is 0 Å². The van der Waals surface area contributed by atoms with E-state index in [0.29, 0.717) is 13.0 Å². The number of hydrogen-bond acceptors (Lipinski definition) is 5. The first kappa shape index (κ1) is 15.1. The molecule has 0 radical (unpaired) electrons. The molecule has 0 unspecified atom stereocenters. The average Bonchev–Trinajstić information content (AvgIpc) is 2.58. The summed E-state index contributed by atoms with van der Waals surface area (Å²) in [6.45, 7) is 2.22. The Labute approximate surface area is 140 Å². The molecule has 1 spiro atoms. The van der Waals surface area contributed by atoms with E-state index in [1.807, 2.05) is 31.3 Å². The van der Waals surface area contributed by atoms with Crippen molar-refractivity contribution in [2.24, 2.45) is 5.41 Å². The number of para-hydroxylation sites is 1. The summed E-state index contributed by atoms with van der Waals surface area (Å²) < 4.78 is 0. The number of carbonyl (C=O) groups excluding carboxylic acids is 3. The molecule has 0 saturated carbocycles. The van der Waals surface area contributed by atoms with Crippen molar-refractivity contribution < 1.29 is 14.4 Å². The van der Waals surface area contributed by atoms with E-state index in [1.54, 1.807) is 0 Å². The molecule has 2 atom stereocenters. The topological polar surface area (TPSA) is 73.0 Å². The number of urea groups is 1. The van der Waals surface area contributed by atoms with E-state index in [2.05, 4.69) is 15.1 Å². The largest absolute Gasteiger partial charge is 0.364 e. The maximum absolute atomic E-state index is 13.1. The van der Waals surface area contributed by atoms with Crippen LogP contribution in [-0.2, 0) is 16.0 Å². The van der Waals surface area contributed by atoms with Gasteiger partial charge in [-0.1, -0.05) is 18.2 Å². The Balaban J connectivity index is 1.89. The lowest BCUT2D eigenvalue weighted by atomic mass is 9.68. The first-order chi connectivity index (χ1) is 11.4. The van der Waals surface area contributed by atoms with E-state index in [4.69, 9.17) is 0 Å². The molecule has 1 aromatic rings. The second-order valence-corrected chi connectivity index (χ2v) is 6.87. The predicted octanol–water partition coefficient (Wildman–Crippen LogP) is 0.0577. The van der Waals surface area contributed by atoms with Crippen molar-refractivity contribution in [3.05, 3.63) is 29.8 Å². The molecule has 1 N–H and O–H groups in total. The minimum atomic E-state index is -1.26. The summed E-state index contributed by atoms with van der Waals surface area (Å²) >= 11 is 0. The fraction of sp³-hybridized carbons (Fsp3) is 0.471. The summed E-state index contributed by atoms with van der Waals surface area (Å²) in [5, 5.41) is 2.38. The van der Waals surface area contributed by atoms with Crippen LogP contribution in [0.4, 0.5) is 10.5 Å². The Hall–Kier alpha value is -2.41. The van der Waals surface area contributed by atoms with Crippen molar-refractivity contribution in [3.63, 3.8) is 0 Å². The third-order valence-electron chi connectivity index (χ3n) is 5.54. The molecule has 4 rings (SSSR count). The van der Waals surface area contributed by atoms with Crippen LogP contribution < -0.4 is 10.2 Å². The van der Waals surface area contributed by atoms with E-state index >= 15 is 0 Å². The van der Waals surface area contributed by atoms with E-state index in [9.17, 15) is 14.4 Å². The number of amides is 4. The lowest BCUT2D eigenvalue weighted by molar-refractivity contribution is -0.153. The fourth-order valence-corrected chi connectivity index (χ4v) is 4.22. The number of imide groups is 2. The zero-order valence-electron chi connectivity index (χ0n) is 13.8. The number of hydrogen-bond donors (Lipinski definition) is 1. The molecule has 3 aliphatic heterocycles. The number of piperazine rings is 1. The lowest BCUT2D eigenvalue weighted by Gasteiger charge is -2.54. The van der Waals surface area contributed by atoms with Gasteiger partial charge in [-0.3, -0.25) is 19.8 Å². The van der Waals surface area contributed by atoms with Gasteiger partial charge in [0.2, 0.25) is 11.8 Å². The van der Waals surface area contributed by atoms with E-state index in [-0.39, 0.29) is 6.04 Å². The van der Waals surface area contributed by atoms with Crippen LogP contribution in [0.25, 0.3) is 0 Å². The summed E-state index contributed by atoms with van der Waals surface area (Å²) in [6, 6.07) is 6.97. The van der Waals surface area contributed by atoms with Gasteiger partial charge < -0.3 is 9.80 Å². The number of barbiturate groups is 1. The van der Waals surface area contributed by atoms with Gasteiger partial charge in [0.05, 0.1) is 6.04 Å². The third kappa shape index (κ3) is 1.84. The van der Waals surface area contributed by atoms with Crippen LogP contribution in [0, 0.1) is 5.41 Å². The number of benzene rings is 1. The highest BCUT2D eigenvalue weighted by Gasteiger charge is 2.61. The first-order valence-corrected chi connectivity index (χ1v) is 8.12. The van der Waals surface area contributed by atoms with Gasteiger partial charge in [-0.25, -0.2) is 4.79 Å². The number of nitrogens with one attached hydrogen (secondary N) is 1. The minimum Gasteiger partial charge on any atom is -0.364 e. The van der Waals surface area contributed by atoms with Crippen LogP contribution in [0.3, 0.4) is 0 Å². The number of nitrogens with zero attached hydrogens (tertiary/aromatic N) is 3. The number of rotatable bonds is 0. The maximum Gasteiger partial charge on any atom is 0.330 e. The van der Waals surface area contributed by atoms with Crippen molar-refractivity contribution >= 4 is 23.5 Å². The Morgan fingerprint density at radius 3 is 2.67 bits per heavy atom. The Kier molecular flexibility index (Phi) is 3.18. The smallest absolute Gasteiger partial charge is 0.330 e. The van der Waals surface area contributed by atoms with Crippen molar-refractivity contribution in [2.75, 3.05) is 38.6 Å². The molecule has 4 amide bonds. The molecule has 126 valence electrons. The Bertz CT molecular complexity index is 749. The summed E-state index contributed by atoms with van der Waals surface area (Å²) in [5.41, 5.74) is 0.803. The molecule has 3 heterocycles. The molecular formula is C17H20N4O3. The van der Waals surface area contributed by atoms with Gasteiger partial charge in [0.15, 0.2) is 5.41 Å². The second-order valence-electron chi connectivity index (χ2n) is 6.87. The summed E-state index contributed by atoms with van der Waals surface area (Å²) in [5.74, 6) is -0.883. The van der Waals surface area contributed by atoms with Crippen molar-refractivity contribution in [1.82, 2.24) is 15.1 Å². The second kappa shape index (κ2) is 5.04. The van der Waals surface area contributed by atoms with Crippen molar-refractivity contribution in [3.8, 4) is 0 Å². The highest BCUT2D eigenvalue weighted by molar-refractivity contribution is 6.20. The maximum atomic E-state index is 13.1. The van der Waals surface area contributed by atoms with Gasteiger partial charge in [0.1, 0.15) is 0 Å². The fourth-order valence-electron chi connectivity index (χ4n) is 4.22. The van der Waals surface area contributed by atoms with Gasteiger partial charge in [-0.2, -0.15) is 0 Å². The molecule has 0 bridgehead atoms. The summed E-state index contributed by atoms with van der Waals surface area (Å²) in [6.07, 6.45) is 0.320. The lowest BCUT2D eigenvalue weighted by Crippen LogP contribution is -2.74. The molecule has 0 aromatic heterocycles. The molecule has 1 aromatic carbocycles. The van der Waals surface area contributed by atoms with Gasteiger partial charge in [-0.05, 0) is 25.1 Å². The first-order valence-electron chi connectivity index (χ1n) is 8.12. The van der Waals surface area contributed by atoms with E-state index in [0.717, 1.165) is 29.2 Å². The number of likely N-dealkylation sites (N-methyl/N-ethyl adjacent to an activating group) is 1. The van der Waals surface area contributed by atoms with Crippen LogP contribution in [0.2, 0.25) is 0 Å². The molecule has 3 aliphatic rings. The normalized spacial score (nSPS) is 30.2. The quantitative estimate of drug-likeness (QED) is 0.682. The van der Waals surface area contributed by atoms with E-state index < -0.39 is 23.3 Å². The zero-order chi connectivity index (χ0) is 17.1. The average molecular weight is 328 g/mol. The Morgan fingerprint density at radius 2 is 1.88 bits per heavy atom.